The number of alkyl halides is 4. The minimum atomic E-state index is -4.90. The van der Waals surface area contributed by atoms with Crippen LogP contribution in [0.15, 0.2) is 41.3 Å². The van der Waals surface area contributed by atoms with E-state index in [4.69, 9.17) is 9.84 Å². The maximum atomic E-state index is 13.6. The maximum absolute atomic E-state index is 13.6. The lowest BCUT2D eigenvalue weighted by molar-refractivity contribution is -0.144. The van der Waals surface area contributed by atoms with Gasteiger partial charge in [-0.3, -0.25) is 4.21 Å². The van der Waals surface area contributed by atoms with Crippen molar-refractivity contribution >= 4 is 28.1 Å². The smallest absolute Gasteiger partial charge is 0.420 e. The number of halogens is 5. The SMILES string of the molecule is O=C(O)C(F)COc1cc2c(cc1C(F)(F)F)N(c1ccc(F)cc1)CCCS2=O. The van der Waals surface area contributed by atoms with Crippen LogP contribution >= 0.6 is 0 Å². The van der Waals surface area contributed by atoms with Gasteiger partial charge in [0.2, 0.25) is 6.17 Å². The van der Waals surface area contributed by atoms with Crippen molar-refractivity contribution < 1.29 is 40.8 Å². The first-order chi connectivity index (χ1) is 14.1. The number of ether oxygens (including phenoxy) is 1. The van der Waals surface area contributed by atoms with E-state index in [9.17, 15) is 31.0 Å². The van der Waals surface area contributed by atoms with Crippen LogP contribution in [0.3, 0.4) is 0 Å². The van der Waals surface area contributed by atoms with E-state index in [1.165, 1.54) is 17.0 Å². The van der Waals surface area contributed by atoms with Gasteiger partial charge in [0, 0.05) is 18.0 Å². The van der Waals surface area contributed by atoms with E-state index in [1.807, 2.05) is 0 Å². The molecule has 162 valence electrons. The Labute approximate surface area is 170 Å². The number of hydrogen-bond acceptors (Lipinski definition) is 4. The Morgan fingerprint density at radius 3 is 2.50 bits per heavy atom. The fourth-order valence-corrected chi connectivity index (χ4v) is 4.24. The van der Waals surface area contributed by atoms with Gasteiger partial charge in [0.25, 0.3) is 0 Å². The molecule has 2 aromatic rings. The van der Waals surface area contributed by atoms with Crippen LogP contribution in [0.1, 0.15) is 12.0 Å². The largest absolute Gasteiger partial charge is 0.489 e. The molecule has 0 radical (unpaired) electrons. The first kappa shape index (κ1) is 22.0. The molecule has 2 atom stereocenters. The van der Waals surface area contributed by atoms with Gasteiger partial charge in [0.15, 0.2) is 0 Å². The summed E-state index contributed by atoms with van der Waals surface area (Å²) < 4.78 is 85.0. The number of carboxylic acid groups (broad SMARTS) is 1. The number of anilines is 2. The van der Waals surface area contributed by atoms with Crippen LogP contribution in [-0.4, -0.2) is 40.4 Å². The van der Waals surface area contributed by atoms with Crippen molar-refractivity contribution in [1.29, 1.82) is 0 Å². The Kier molecular flexibility index (Phi) is 6.30. The number of aliphatic carboxylic acids is 1. The maximum Gasteiger partial charge on any atom is 0.420 e. The topological polar surface area (TPSA) is 66.8 Å². The summed E-state index contributed by atoms with van der Waals surface area (Å²) in [6.45, 7) is -0.890. The van der Waals surface area contributed by atoms with E-state index in [-0.39, 0.29) is 22.9 Å². The third kappa shape index (κ3) is 4.72. The van der Waals surface area contributed by atoms with Crippen LogP contribution in [-0.2, 0) is 21.8 Å². The third-order valence-corrected chi connectivity index (χ3v) is 5.88. The van der Waals surface area contributed by atoms with E-state index >= 15 is 0 Å². The molecule has 0 bridgehead atoms. The molecule has 0 saturated heterocycles. The number of nitrogens with zero attached hydrogens (tertiary/aromatic N) is 1. The molecule has 0 spiro atoms. The average Bonchev–Trinajstić information content (AvgIpc) is 2.84. The summed E-state index contributed by atoms with van der Waals surface area (Å²) >= 11 is 0. The van der Waals surface area contributed by atoms with E-state index in [0.29, 0.717) is 12.1 Å². The van der Waals surface area contributed by atoms with Crippen molar-refractivity contribution in [3.05, 3.63) is 47.8 Å². The molecule has 0 aromatic heterocycles. The summed E-state index contributed by atoms with van der Waals surface area (Å²) in [7, 11) is -1.67. The molecule has 0 saturated carbocycles. The lowest BCUT2D eigenvalue weighted by Crippen LogP contribution is -2.24. The van der Waals surface area contributed by atoms with Gasteiger partial charge in [-0.05, 0) is 42.8 Å². The number of benzene rings is 2. The van der Waals surface area contributed by atoms with Crippen molar-refractivity contribution in [2.45, 2.75) is 23.7 Å². The Morgan fingerprint density at radius 2 is 1.90 bits per heavy atom. The molecule has 2 aromatic carbocycles. The molecule has 11 heteroatoms. The number of rotatable bonds is 5. The van der Waals surface area contributed by atoms with Crippen molar-refractivity contribution in [2.75, 3.05) is 23.8 Å². The predicted octanol–water partition coefficient (Wildman–Crippen LogP) is 4.30. The highest BCUT2D eigenvalue weighted by Gasteiger charge is 2.37. The zero-order chi connectivity index (χ0) is 22.1. The Hall–Kier alpha value is -2.69. The van der Waals surface area contributed by atoms with Crippen LogP contribution < -0.4 is 9.64 Å². The normalized spacial score (nSPS) is 17.8. The zero-order valence-electron chi connectivity index (χ0n) is 15.3. The van der Waals surface area contributed by atoms with Crippen LogP contribution in [0.5, 0.6) is 5.75 Å². The lowest BCUT2D eigenvalue weighted by atomic mass is 10.1. The molecular weight excluding hydrogens is 433 g/mol. The molecule has 1 aliphatic heterocycles. The van der Waals surface area contributed by atoms with Gasteiger partial charge in [0.05, 0.1) is 26.9 Å². The highest BCUT2D eigenvalue weighted by molar-refractivity contribution is 7.85. The quantitative estimate of drug-likeness (QED) is 0.690. The first-order valence-corrected chi connectivity index (χ1v) is 10.1. The summed E-state index contributed by atoms with van der Waals surface area (Å²) in [5.74, 6) is -3.03. The van der Waals surface area contributed by atoms with E-state index < -0.39 is 52.9 Å². The summed E-state index contributed by atoms with van der Waals surface area (Å²) in [4.78, 5) is 12.1. The second-order valence-corrected chi connectivity index (χ2v) is 8.00. The predicted molar refractivity (Wildman–Crippen MR) is 98.8 cm³/mol. The van der Waals surface area contributed by atoms with Gasteiger partial charge >= 0.3 is 12.1 Å². The Balaban J connectivity index is 2.11. The zero-order valence-corrected chi connectivity index (χ0v) is 16.1. The monoisotopic (exact) mass is 449 g/mol. The van der Waals surface area contributed by atoms with Gasteiger partial charge in [0.1, 0.15) is 18.2 Å². The second-order valence-electron chi connectivity index (χ2n) is 6.46. The van der Waals surface area contributed by atoms with Gasteiger partial charge in [-0.25, -0.2) is 13.6 Å². The van der Waals surface area contributed by atoms with Gasteiger partial charge in [-0.2, -0.15) is 13.2 Å². The molecule has 1 aliphatic rings. The molecule has 0 aliphatic carbocycles. The van der Waals surface area contributed by atoms with E-state index in [2.05, 4.69) is 0 Å². The number of fused-ring (bicyclic) bond motifs is 1. The average molecular weight is 449 g/mol. The molecule has 0 amide bonds. The molecular formula is C19H16F5NO4S. The lowest BCUT2D eigenvalue weighted by Gasteiger charge is -2.26. The summed E-state index contributed by atoms with van der Waals surface area (Å²) in [6, 6.07) is 6.76. The van der Waals surface area contributed by atoms with Gasteiger partial charge < -0.3 is 14.7 Å². The van der Waals surface area contributed by atoms with Crippen LogP contribution in [0.2, 0.25) is 0 Å². The van der Waals surface area contributed by atoms with E-state index in [0.717, 1.165) is 24.3 Å². The first-order valence-electron chi connectivity index (χ1n) is 8.74. The van der Waals surface area contributed by atoms with Crippen molar-refractivity contribution in [1.82, 2.24) is 0 Å². The molecule has 2 unspecified atom stereocenters. The van der Waals surface area contributed by atoms with E-state index in [1.54, 1.807) is 0 Å². The third-order valence-electron chi connectivity index (χ3n) is 4.41. The fraction of sp³-hybridized carbons (Fsp3) is 0.316. The molecule has 0 fully saturated rings. The highest BCUT2D eigenvalue weighted by atomic mass is 32.2. The Bertz CT molecular complexity index is 965. The summed E-state index contributed by atoms with van der Waals surface area (Å²) in [5, 5.41) is 8.58. The minimum absolute atomic E-state index is 0.00662. The van der Waals surface area contributed by atoms with Gasteiger partial charge in [-0.1, -0.05) is 0 Å². The number of carboxylic acids is 1. The fourth-order valence-electron chi connectivity index (χ4n) is 2.99. The number of hydrogen-bond donors (Lipinski definition) is 1. The van der Waals surface area contributed by atoms with Crippen molar-refractivity contribution in [2.24, 2.45) is 0 Å². The molecule has 5 nitrogen and oxygen atoms in total. The summed E-state index contributed by atoms with van der Waals surface area (Å²) in [5.41, 5.74) is -0.843. The minimum Gasteiger partial charge on any atom is -0.489 e. The molecule has 30 heavy (non-hydrogen) atoms. The van der Waals surface area contributed by atoms with Crippen LogP contribution in [0.4, 0.5) is 33.3 Å². The summed E-state index contributed by atoms with van der Waals surface area (Å²) in [6.07, 6.45) is -7.03. The molecule has 3 rings (SSSR count). The molecule has 1 heterocycles. The van der Waals surface area contributed by atoms with Gasteiger partial charge in [-0.15, -0.1) is 0 Å². The standard InChI is InChI=1S/C19H16F5NO4S/c20-11-2-4-12(5-3-11)25-6-1-7-30(28)17-9-16(29-10-14(21)18(26)27)13(8-15(17)25)19(22,23)24/h2-5,8-9,14H,1,6-7,10H2,(H,26,27). The highest BCUT2D eigenvalue weighted by Crippen LogP contribution is 2.44. The number of carbonyl (C=O) groups is 1. The van der Waals surface area contributed by atoms with Crippen molar-refractivity contribution in [3.8, 4) is 5.75 Å². The Morgan fingerprint density at radius 1 is 1.23 bits per heavy atom. The molecule has 1 N–H and O–H groups in total. The van der Waals surface area contributed by atoms with Crippen LogP contribution in [0, 0.1) is 5.82 Å². The van der Waals surface area contributed by atoms with Crippen molar-refractivity contribution in [3.63, 3.8) is 0 Å². The van der Waals surface area contributed by atoms with Crippen LogP contribution in [0.25, 0.3) is 0 Å². The second kappa shape index (κ2) is 8.58.